The maximum absolute atomic E-state index is 12.5. The molecule has 0 saturated heterocycles. The summed E-state index contributed by atoms with van der Waals surface area (Å²) in [6, 6.07) is 7.17. The minimum Gasteiger partial charge on any atom is -0.480 e. The van der Waals surface area contributed by atoms with Gasteiger partial charge in [-0.05, 0) is 49.9 Å². The normalized spacial score (nSPS) is 18.9. The zero-order chi connectivity index (χ0) is 17.4. The Bertz CT molecular complexity index is 802. The fourth-order valence-electron chi connectivity index (χ4n) is 3.41. The second kappa shape index (κ2) is 5.98. The molecule has 7 heteroatoms. The summed E-state index contributed by atoms with van der Waals surface area (Å²) in [7, 11) is 0. The minimum absolute atomic E-state index is 0.396. The molecule has 4 rings (SSSR count). The van der Waals surface area contributed by atoms with Crippen molar-refractivity contribution in [3.8, 4) is 11.4 Å². The van der Waals surface area contributed by atoms with Crippen molar-refractivity contribution < 1.29 is 14.7 Å². The molecule has 0 spiro atoms. The van der Waals surface area contributed by atoms with Crippen molar-refractivity contribution in [1.82, 2.24) is 15.2 Å². The molecular weight excluding hydrogens is 320 g/mol. The summed E-state index contributed by atoms with van der Waals surface area (Å²) < 4.78 is 0. The molecule has 0 bridgehead atoms. The topological polar surface area (TPSA) is 108 Å². The number of nitrogens with zero attached hydrogens (tertiary/aromatic N) is 2. The van der Waals surface area contributed by atoms with Crippen molar-refractivity contribution >= 4 is 17.6 Å². The van der Waals surface area contributed by atoms with Gasteiger partial charge in [0.1, 0.15) is 11.2 Å². The Labute approximate surface area is 144 Å². The van der Waals surface area contributed by atoms with Crippen molar-refractivity contribution in [3.63, 3.8) is 0 Å². The van der Waals surface area contributed by atoms with Gasteiger partial charge in [0.15, 0.2) is 5.82 Å². The van der Waals surface area contributed by atoms with Gasteiger partial charge in [-0.1, -0.05) is 12.8 Å². The third-order valence-corrected chi connectivity index (χ3v) is 5.17. The van der Waals surface area contributed by atoms with E-state index in [1.807, 2.05) is 12.1 Å². The Morgan fingerprint density at radius 3 is 2.44 bits per heavy atom. The first-order valence-electron chi connectivity index (χ1n) is 8.66. The number of carbonyl (C=O) groups is 2. The van der Waals surface area contributed by atoms with Gasteiger partial charge in [0.25, 0.3) is 0 Å². The fraction of sp³-hybridized carbons (Fsp3) is 0.444. The molecule has 1 aromatic carbocycles. The number of anilines is 1. The first kappa shape index (κ1) is 15.8. The van der Waals surface area contributed by atoms with E-state index in [0.29, 0.717) is 30.3 Å². The van der Waals surface area contributed by atoms with Crippen LogP contribution in [-0.4, -0.2) is 32.2 Å². The lowest BCUT2D eigenvalue weighted by atomic mass is 9.85. The zero-order valence-electron chi connectivity index (χ0n) is 13.8. The lowest BCUT2D eigenvalue weighted by Gasteiger charge is -2.22. The maximum Gasteiger partial charge on any atom is 0.319 e. The summed E-state index contributed by atoms with van der Waals surface area (Å²) in [6.45, 7) is 0. The molecule has 7 nitrogen and oxygen atoms in total. The number of carboxylic acid groups (broad SMARTS) is 1. The molecule has 0 radical (unpaired) electrons. The third kappa shape index (κ3) is 2.90. The highest BCUT2D eigenvalue weighted by Crippen LogP contribution is 2.40. The second-order valence-corrected chi connectivity index (χ2v) is 6.94. The first-order valence-corrected chi connectivity index (χ1v) is 8.66. The lowest BCUT2D eigenvalue weighted by Crippen LogP contribution is -2.40. The van der Waals surface area contributed by atoms with Crippen LogP contribution in [0.3, 0.4) is 0 Å². The van der Waals surface area contributed by atoms with Crippen molar-refractivity contribution in [1.29, 1.82) is 0 Å². The van der Waals surface area contributed by atoms with Gasteiger partial charge in [0, 0.05) is 17.2 Å². The largest absolute Gasteiger partial charge is 0.480 e. The first-order chi connectivity index (χ1) is 12.1. The average molecular weight is 340 g/mol. The molecule has 2 aliphatic rings. The van der Waals surface area contributed by atoms with Crippen molar-refractivity contribution in [2.45, 2.75) is 44.4 Å². The Morgan fingerprint density at radius 2 is 1.84 bits per heavy atom. The molecule has 2 fully saturated rings. The predicted octanol–water partition coefficient (Wildman–Crippen LogP) is 2.93. The maximum atomic E-state index is 12.5. The van der Waals surface area contributed by atoms with Crippen LogP contribution in [0.5, 0.6) is 0 Å². The van der Waals surface area contributed by atoms with Gasteiger partial charge in [-0.2, -0.15) is 5.10 Å². The van der Waals surface area contributed by atoms with Crippen LogP contribution in [0.4, 0.5) is 5.69 Å². The molecule has 130 valence electrons. The van der Waals surface area contributed by atoms with E-state index < -0.39 is 17.3 Å². The molecule has 1 aromatic heterocycles. The number of aromatic amines is 1. The molecule has 3 N–H and O–H groups in total. The number of rotatable bonds is 5. The lowest BCUT2D eigenvalue weighted by molar-refractivity contribution is -0.153. The summed E-state index contributed by atoms with van der Waals surface area (Å²) >= 11 is 0. The SMILES string of the molecule is O=C(O)C1(C(=O)Nc2ccc(-c3n[nH]c(C4CC4)n3)cc2)CCCC1. The van der Waals surface area contributed by atoms with E-state index in [-0.39, 0.29) is 0 Å². The van der Waals surface area contributed by atoms with Crippen LogP contribution in [0.1, 0.15) is 50.3 Å². The van der Waals surface area contributed by atoms with Crippen LogP contribution in [0.15, 0.2) is 24.3 Å². The predicted molar refractivity (Wildman–Crippen MR) is 91.0 cm³/mol. The second-order valence-electron chi connectivity index (χ2n) is 6.94. The molecule has 0 aliphatic heterocycles. The van der Waals surface area contributed by atoms with E-state index in [2.05, 4.69) is 20.5 Å². The smallest absolute Gasteiger partial charge is 0.319 e. The van der Waals surface area contributed by atoms with Crippen molar-refractivity contribution in [2.24, 2.45) is 5.41 Å². The van der Waals surface area contributed by atoms with Crippen molar-refractivity contribution in [3.05, 3.63) is 30.1 Å². The highest BCUT2D eigenvalue weighted by Gasteiger charge is 2.48. The molecular formula is C18H20N4O3. The highest BCUT2D eigenvalue weighted by atomic mass is 16.4. The van der Waals surface area contributed by atoms with Gasteiger partial charge in [-0.15, -0.1) is 0 Å². The van der Waals surface area contributed by atoms with Gasteiger partial charge in [0.05, 0.1) is 0 Å². The van der Waals surface area contributed by atoms with E-state index in [4.69, 9.17) is 0 Å². The Kier molecular flexibility index (Phi) is 3.78. The summed E-state index contributed by atoms with van der Waals surface area (Å²) in [5.41, 5.74) is 0.149. The number of nitrogens with one attached hydrogen (secondary N) is 2. The van der Waals surface area contributed by atoms with Gasteiger partial charge in [-0.25, -0.2) is 4.98 Å². The van der Waals surface area contributed by atoms with E-state index in [9.17, 15) is 14.7 Å². The zero-order valence-corrected chi connectivity index (χ0v) is 13.8. The Balaban J connectivity index is 1.48. The van der Waals surface area contributed by atoms with E-state index >= 15 is 0 Å². The molecule has 0 atom stereocenters. The summed E-state index contributed by atoms with van der Waals surface area (Å²) in [5, 5.41) is 19.4. The standard InChI is InChI=1S/C18H20N4O3/c23-16(18(17(24)25)9-1-2-10-18)19-13-7-5-12(6-8-13)15-20-14(21-22-15)11-3-4-11/h5-8,11H,1-4,9-10H2,(H,19,23)(H,24,25)(H,20,21,22). The summed E-state index contributed by atoms with van der Waals surface area (Å²) in [5.74, 6) is 0.611. The minimum atomic E-state index is -1.29. The monoisotopic (exact) mass is 340 g/mol. The molecule has 1 amide bonds. The van der Waals surface area contributed by atoms with Gasteiger partial charge in [0.2, 0.25) is 5.91 Å². The van der Waals surface area contributed by atoms with Crippen LogP contribution >= 0.6 is 0 Å². The quantitative estimate of drug-likeness (QED) is 0.725. The fourth-order valence-corrected chi connectivity index (χ4v) is 3.41. The molecule has 25 heavy (non-hydrogen) atoms. The Morgan fingerprint density at radius 1 is 1.16 bits per heavy atom. The number of hydrogen-bond acceptors (Lipinski definition) is 4. The number of carboxylic acids is 1. The van der Waals surface area contributed by atoms with Crippen LogP contribution in [-0.2, 0) is 9.59 Å². The summed E-state index contributed by atoms with van der Waals surface area (Å²) in [6.07, 6.45) is 4.65. The van der Waals surface area contributed by atoms with Crippen molar-refractivity contribution in [2.75, 3.05) is 5.32 Å². The van der Waals surface area contributed by atoms with Crippen LogP contribution in [0, 0.1) is 5.41 Å². The number of H-pyrrole nitrogens is 1. The number of carbonyl (C=O) groups excluding carboxylic acids is 1. The number of benzene rings is 1. The van der Waals surface area contributed by atoms with Crippen LogP contribution in [0.2, 0.25) is 0 Å². The average Bonchev–Trinajstić information content (AvgIpc) is 3.13. The third-order valence-electron chi connectivity index (χ3n) is 5.17. The Hall–Kier alpha value is -2.70. The highest BCUT2D eigenvalue weighted by molar-refractivity contribution is 6.08. The molecule has 2 aromatic rings. The number of amides is 1. The molecule has 0 unspecified atom stereocenters. The van der Waals surface area contributed by atoms with Crippen LogP contribution < -0.4 is 5.32 Å². The number of aliphatic carboxylic acids is 1. The van der Waals surface area contributed by atoms with E-state index in [1.54, 1.807) is 12.1 Å². The summed E-state index contributed by atoms with van der Waals surface area (Å²) in [4.78, 5) is 28.6. The molecule has 2 aliphatic carbocycles. The van der Waals surface area contributed by atoms with Crippen LogP contribution in [0.25, 0.3) is 11.4 Å². The van der Waals surface area contributed by atoms with Gasteiger partial charge >= 0.3 is 5.97 Å². The number of aromatic nitrogens is 3. The van der Waals surface area contributed by atoms with E-state index in [1.165, 1.54) is 0 Å². The number of hydrogen-bond donors (Lipinski definition) is 3. The molecule has 2 saturated carbocycles. The van der Waals surface area contributed by atoms with Gasteiger partial charge in [-0.3, -0.25) is 14.7 Å². The van der Waals surface area contributed by atoms with Gasteiger partial charge < -0.3 is 10.4 Å². The van der Waals surface area contributed by atoms with E-state index in [0.717, 1.165) is 37.1 Å². The molecule has 1 heterocycles.